The summed E-state index contributed by atoms with van der Waals surface area (Å²) in [7, 11) is 3.16. The number of ether oxygens (including phenoxy) is 2. The van der Waals surface area contributed by atoms with Crippen LogP contribution in [0, 0.1) is 0 Å². The van der Waals surface area contributed by atoms with Gasteiger partial charge in [-0.3, -0.25) is 9.59 Å². The standard InChI is InChI=1S/C23H24N4O4/c1-30-14-15-7-9-16(10-8-15)23(29)27-12-4-6-19(27)21-25-18(13-20(28)26-21)17-5-3-11-24-22(17)31-2/h3,5,7-11,13,19H,4,6,12,14H2,1-2H3,(H,25,26,28)/t19-/m0/s1. The molecule has 1 atom stereocenters. The second-order valence-electron chi connectivity index (χ2n) is 7.36. The minimum Gasteiger partial charge on any atom is -0.481 e. The fourth-order valence-corrected chi connectivity index (χ4v) is 3.89. The molecule has 3 heterocycles. The van der Waals surface area contributed by atoms with E-state index in [1.807, 2.05) is 12.1 Å². The molecule has 160 valence electrons. The van der Waals surface area contributed by atoms with Gasteiger partial charge in [0, 0.05) is 31.5 Å². The number of carbonyl (C=O) groups is 1. The molecule has 0 aliphatic carbocycles. The zero-order valence-electron chi connectivity index (χ0n) is 17.5. The Labute approximate surface area is 179 Å². The lowest BCUT2D eigenvalue weighted by Gasteiger charge is -2.24. The summed E-state index contributed by atoms with van der Waals surface area (Å²) in [5.41, 5.74) is 2.41. The Hall–Kier alpha value is -3.52. The number of benzene rings is 1. The van der Waals surface area contributed by atoms with Gasteiger partial charge in [-0.2, -0.15) is 0 Å². The number of rotatable bonds is 6. The highest BCUT2D eigenvalue weighted by atomic mass is 16.5. The van der Waals surface area contributed by atoms with Crippen LogP contribution >= 0.6 is 0 Å². The van der Waals surface area contributed by atoms with E-state index < -0.39 is 0 Å². The predicted molar refractivity (Wildman–Crippen MR) is 115 cm³/mol. The highest BCUT2D eigenvalue weighted by Gasteiger charge is 2.32. The Morgan fingerprint density at radius 1 is 1.23 bits per heavy atom. The average Bonchev–Trinajstić information content (AvgIpc) is 3.29. The molecule has 8 heteroatoms. The van der Waals surface area contributed by atoms with Gasteiger partial charge in [0.2, 0.25) is 5.88 Å². The van der Waals surface area contributed by atoms with E-state index in [4.69, 9.17) is 9.47 Å². The topological polar surface area (TPSA) is 97.4 Å². The second-order valence-corrected chi connectivity index (χ2v) is 7.36. The largest absolute Gasteiger partial charge is 0.481 e. The van der Waals surface area contributed by atoms with Crippen LogP contribution in [-0.2, 0) is 11.3 Å². The molecule has 0 bridgehead atoms. The molecule has 1 fully saturated rings. The van der Waals surface area contributed by atoms with Gasteiger partial charge in [-0.1, -0.05) is 12.1 Å². The Morgan fingerprint density at radius 3 is 2.77 bits per heavy atom. The van der Waals surface area contributed by atoms with E-state index in [2.05, 4.69) is 15.0 Å². The van der Waals surface area contributed by atoms with E-state index in [-0.39, 0.29) is 17.5 Å². The predicted octanol–water partition coefficient (Wildman–Crippen LogP) is 2.96. The molecule has 1 N–H and O–H groups in total. The number of likely N-dealkylation sites (tertiary alicyclic amines) is 1. The molecule has 2 aromatic heterocycles. The molecule has 0 saturated carbocycles. The van der Waals surface area contributed by atoms with Crippen LogP contribution in [0.1, 0.15) is 40.6 Å². The number of hydrogen-bond donors (Lipinski definition) is 1. The Kier molecular flexibility index (Phi) is 6.08. The normalized spacial score (nSPS) is 15.8. The maximum atomic E-state index is 13.2. The lowest BCUT2D eigenvalue weighted by Crippen LogP contribution is -2.32. The van der Waals surface area contributed by atoms with Gasteiger partial charge >= 0.3 is 0 Å². The minimum absolute atomic E-state index is 0.0847. The molecule has 1 aromatic carbocycles. The van der Waals surface area contributed by atoms with Crippen molar-refractivity contribution in [1.82, 2.24) is 19.9 Å². The van der Waals surface area contributed by atoms with Crippen molar-refractivity contribution in [2.24, 2.45) is 0 Å². The van der Waals surface area contributed by atoms with Crippen molar-refractivity contribution in [3.8, 4) is 17.1 Å². The minimum atomic E-state index is -0.304. The molecule has 3 aromatic rings. The number of nitrogens with one attached hydrogen (secondary N) is 1. The van der Waals surface area contributed by atoms with Crippen LogP contribution in [0.25, 0.3) is 11.3 Å². The van der Waals surface area contributed by atoms with E-state index in [0.717, 1.165) is 18.4 Å². The molecule has 4 rings (SSSR count). The van der Waals surface area contributed by atoms with Crippen molar-refractivity contribution in [1.29, 1.82) is 0 Å². The number of aromatic nitrogens is 3. The smallest absolute Gasteiger partial charge is 0.254 e. The number of pyridine rings is 1. The molecular formula is C23H24N4O4. The van der Waals surface area contributed by atoms with E-state index in [1.54, 1.807) is 42.5 Å². The highest BCUT2D eigenvalue weighted by molar-refractivity contribution is 5.94. The molecule has 31 heavy (non-hydrogen) atoms. The SMILES string of the molecule is COCc1ccc(C(=O)N2CCC[C@H]2c2nc(-c3cccnc3OC)cc(=O)[nH]2)cc1. The molecule has 8 nitrogen and oxygen atoms in total. The van der Waals surface area contributed by atoms with E-state index >= 15 is 0 Å². The molecule has 1 saturated heterocycles. The average molecular weight is 420 g/mol. The molecular weight excluding hydrogens is 396 g/mol. The van der Waals surface area contributed by atoms with Crippen molar-refractivity contribution in [2.45, 2.75) is 25.5 Å². The molecule has 0 radical (unpaired) electrons. The zero-order valence-corrected chi connectivity index (χ0v) is 17.5. The van der Waals surface area contributed by atoms with Crippen LogP contribution in [0.5, 0.6) is 5.88 Å². The zero-order chi connectivity index (χ0) is 21.8. The van der Waals surface area contributed by atoms with Crippen LogP contribution < -0.4 is 10.3 Å². The third-order valence-electron chi connectivity index (χ3n) is 5.34. The second kappa shape index (κ2) is 9.09. The van der Waals surface area contributed by atoms with Crippen LogP contribution in [-0.4, -0.2) is 46.5 Å². The number of carbonyl (C=O) groups excluding carboxylic acids is 1. The number of H-pyrrole nitrogens is 1. The summed E-state index contributed by atoms with van der Waals surface area (Å²) in [6.07, 6.45) is 3.18. The number of nitrogens with zero attached hydrogens (tertiary/aromatic N) is 3. The fourth-order valence-electron chi connectivity index (χ4n) is 3.89. The van der Waals surface area contributed by atoms with Crippen molar-refractivity contribution in [2.75, 3.05) is 20.8 Å². The van der Waals surface area contributed by atoms with Crippen molar-refractivity contribution in [3.05, 3.63) is 76.0 Å². The number of hydrogen-bond acceptors (Lipinski definition) is 6. The van der Waals surface area contributed by atoms with Gasteiger partial charge in [0.1, 0.15) is 5.82 Å². The molecule has 0 spiro atoms. The summed E-state index contributed by atoms with van der Waals surface area (Å²) >= 11 is 0. The lowest BCUT2D eigenvalue weighted by molar-refractivity contribution is 0.0729. The molecule has 1 aliphatic rings. The monoisotopic (exact) mass is 420 g/mol. The first kappa shape index (κ1) is 20.7. The van der Waals surface area contributed by atoms with Crippen LogP contribution in [0.15, 0.2) is 53.5 Å². The summed E-state index contributed by atoms with van der Waals surface area (Å²) in [5.74, 6) is 0.774. The summed E-state index contributed by atoms with van der Waals surface area (Å²) in [6.45, 7) is 1.10. The van der Waals surface area contributed by atoms with Gasteiger partial charge in [-0.15, -0.1) is 0 Å². The number of amides is 1. The van der Waals surface area contributed by atoms with Crippen LogP contribution in [0.4, 0.5) is 0 Å². The fraction of sp³-hybridized carbons (Fsp3) is 0.304. The summed E-state index contributed by atoms with van der Waals surface area (Å²) in [4.78, 5) is 39.1. The Bertz CT molecular complexity index is 1130. The quantitative estimate of drug-likeness (QED) is 0.659. The number of aromatic amines is 1. The Morgan fingerprint density at radius 2 is 2.03 bits per heavy atom. The molecule has 1 aliphatic heterocycles. The van der Waals surface area contributed by atoms with Crippen molar-refractivity contribution in [3.63, 3.8) is 0 Å². The first-order valence-corrected chi connectivity index (χ1v) is 10.1. The van der Waals surface area contributed by atoms with Crippen molar-refractivity contribution >= 4 is 5.91 Å². The maximum Gasteiger partial charge on any atom is 0.254 e. The molecule has 0 unspecified atom stereocenters. The molecule has 1 amide bonds. The van der Waals surface area contributed by atoms with E-state index in [0.29, 0.717) is 41.7 Å². The van der Waals surface area contributed by atoms with Gasteiger partial charge in [0.15, 0.2) is 0 Å². The van der Waals surface area contributed by atoms with Gasteiger partial charge in [-0.05, 0) is 42.7 Å². The van der Waals surface area contributed by atoms with Gasteiger partial charge in [0.05, 0.1) is 31.0 Å². The van der Waals surface area contributed by atoms with Crippen LogP contribution in [0.3, 0.4) is 0 Å². The third kappa shape index (κ3) is 4.34. The maximum absolute atomic E-state index is 13.2. The third-order valence-corrected chi connectivity index (χ3v) is 5.34. The van der Waals surface area contributed by atoms with Crippen molar-refractivity contribution < 1.29 is 14.3 Å². The summed E-state index contributed by atoms with van der Waals surface area (Å²) in [5, 5.41) is 0. The first-order valence-electron chi connectivity index (χ1n) is 10.1. The van der Waals surface area contributed by atoms with E-state index in [9.17, 15) is 9.59 Å². The van der Waals surface area contributed by atoms with E-state index in [1.165, 1.54) is 13.2 Å². The van der Waals surface area contributed by atoms with Gasteiger partial charge < -0.3 is 19.4 Å². The highest BCUT2D eigenvalue weighted by Crippen LogP contribution is 2.32. The number of methoxy groups -OCH3 is 2. The summed E-state index contributed by atoms with van der Waals surface area (Å²) in [6, 6.07) is 12.1. The summed E-state index contributed by atoms with van der Waals surface area (Å²) < 4.78 is 10.4. The van der Waals surface area contributed by atoms with Gasteiger partial charge in [0.25, 0.3) is 11.5 Å². The van der Waals surface area contributed by atoms with Crippen LogP contribution in [0.2, 0.25) is 0 Å². The first-order chi connectivity index (χ1) is 15.1. The lowest BCUT2D eigenvalue weighted by atomic mass is 10.1. The van der Waals surface area contributed by atoms with Gasteiger partial charge in [-0.25, -0.2) is 9.97 Å². The Balaban J connectivity index is 1.65.